The topological polar surface area (TPSA) is 9.23 Å². The summed E-state index contributed by atoms with van der Waals surface area (Å²) in [6.07, 6.45) is 1.14. The molecule has 0 atom stereocenters. The van der Waals surface area contributed by atoms with Gasteiger partial charge < -0.3 is 4.74 Å². The monoisotopic (exact) mass is 200 g/mol. The largest absolute Gasteiger partial charge is 0.381 e. The third-order valence-corrected chi connectivity index (χ3v) is 3.35. The maximum absolute atomic E-state index is 5.63. The summed E-state index contributed by atoms with van der Waals surface area (Å²) in [7, 11) is 0. The Bertz CT molecular complexity index is 151. The van der Waals surface area contributed by atoms with Gasteiger partial charge in [-0.2, -0.15) is 0 Å². The van der Waals surface area contributed by atoms with Gasteiger partial charge in [0.05, 0.1) is 0 Å². The summed E-state index contributed by atoms with van der Waals surface area (Å²) < 4.78 is 5.63. The standard InChI is InChI=1S/C13H28O/c1-11(2)10-14-9-8-13(6,7)12(3,4)5/h11H,8-10H2,1-7H3. The van der Waals surface area contributed by atoms with E-state index in [9.17, 15) is 0 Å². The molecule has 1 heteroatoms. The van der Waals surface area contributed by atoms with E-state index in [4.69, 9.17) is 4.74 Å². The lowest BCUT2D eigenvalue weighted by Crippen LogP contribution is -2.31. The molecule has 0 aromatic carbocycles. The molecule has 0 aromatic heterocycles. The van der Waals surface area contributed by atoms with Crippen molar-refractivity contribution in [2.45, 2.75) is 54.9 Å². The quantitative estimate of drug-likeness (QED) is 0.607. The Hall–Kier alpha value is -0.0400. The van der Waals surface area contributed by atoms with Crippen LogP contribution < -0.4 is 0 Å². The second-order valence-electron chi connectivity index (χ2n) is 6.35. The lowest BCUT2D eigenvalue weighted by atomic mass is 9.67. The second-order valence-corrected chi connectivity index (χ2v) is 6.35. The van der Waals surface area contributed by atoms with Gasteiger partial charge in [-0.3, -0.25) is 0 Å². The molecule has 0 radical (unpaired) electrons. The van der Waals surface area contributed by atoms with Crippen LogP contribution in [0.2, 0.25) is 0 Å². The molecule has 14 heavy (non-hydrogen) atoms. The highest BCUT2D eigenvalue weighted by molar-refractivity contribution is 4.81. The molecule has 86 valence electrons. The van der Waals surface area contributed by atoms with Crippen LogP contribution in [0.25, 0.3) is 0 Å². The Morgan fingerprint density at radius 2 is 1.50 bits per heavy atom. The summed E-state index contributed by atoms with van der Waals surface area (Å²) in [5.41, 5.74) is 0.707. The predicted octanol–water partition coefficient (Wildman–Crippen LogP) is 4.12. The van der Waals surface area contributed by atoms with Crippen LogP contribution in [0.5, 0.6) is 0 Å². The van der Waals surface area contributed by atoms with E-state index in [1.807, 2.05) is 0 Å². The maximum atomic E-state index is 5.63. The minimum atomic E-state index is 0.351. The van der Waals surface area contributed by atoms with E-state index in [2.05, 4.69) is 48.5 Å². The third-order valence-electron chi connectivity index (χ3n) is 3.35. The lowest BCUT2D eigenvalue weighted by molar-refractivity contribution is 0.0437. The highest BCUT2D eigenvalue weighted by Gasteiger charge is 2.31. The summed E-state index contributed by atoms with van der Waals surface area (Å²) in [6.45, 7) is 17.7. The molecule has 0 aromatic rings. The third kappa shape index (κ3) is 4.99. The SMILES string of the molecule is CC(C)COCCC(C)(C)C(C)(C)C. The number of rotatable bonds is 5. The van der Waals surface area contributed by atoms with E-state index in [1.165, 1.54) is 0 Å². The molecule has 0 spiro atoms. The first kappa shape index (κ1) is 14.0. The Labute approximate surface area is 90.2 Å². The van der Waals surface area contributed by atoms with Gasteiger partial charge in [-0.25, -0.2) is 0 Å². The molecule has 0 N–H and O–H groups in total. The zero-order chi connectivity index (χ0) is 11.4. The smallest absolute Gasteiger partial charge is 0.0488 e. The van der Waals surface area contributed by atoms with Crippen molar-refractivity contribution in [3.8, 4) is 0 Å². The first-order chi connectivity index (χ1) is 6.17. The van der Waals surface area contributed by atoms with Crippen LogP contribution in [0, 0.1) is 16.7 Å². The molecule has 0 fully saturated rings. The Morgan fingerprint density at radius 3 is 1.86 bits per heavy atom. The van der Waals surface area contributed by atoms with Crippen molar-refractivity contribution in [1.82, 2.24) is 0 Å². The zero-order valence-corrected chi connectivity index (χ0v) is 11.1. The van der Waals surface area contributed by atoms with Gasteiger partial charge in [-0.1, -0.05) is 48.5 Å². The predicted molar refractivity (Wildman–Crippen MR) is 63.5 cm³/mol. The fraction of sp³-hybridized carbons (Fsp3) is 1.00. The van der Waals surface area contributed by atoms with Crippen LogP contribution >= 0.6 is 0 Å². The molecule has 0 rings (SSSR count). The van der Waals surface area contributed by atoms with E-state index in [0.29, 0.717) is 16.7 Å². The van der Waals surface area contributed by atoms with Gasteiger partial charge in [0.1, 0.15) is 0 Å². The van der Waals surface area contributed by atoms with Crippen molar-refractivity contribution in [2.75, 3.05) is 13.2 Å². The Morgan fingerprint density at radius 1 is 1.00 bits per heavy atom. The van der Waals surface area contributed by atoms with Gasteiger partial charge in [0.2, 0.25) is 0 Å². The van der Waals surface area contributed by atoms with Crippen molar-refractivity contribution >= 4 is 0 Å². The molecular weight excluding hydrogens is 172 g/mol. The molecule has 0 saturated carbocycles. The Balaban J connectivity index is 3.78. The van der Waals surface area contributed by atoms with E-state index in [1.54, 1.807) is 0 Å². The molecular formula is C13H28O. The zero-order valence-electron chi connectivity index (χ0n) is 11.1. The fourth-order valence-corrected chi connectivity index (χ4v) is 1.02. The van der Waals surface area contributed by atoms with Crippen LogP contribution in [0.1, 0.15) is 54.9 Å². The summed E-state index contributed by atoms with van der Waals surface area (Å²) in [4.78, 5) is 0. The van der Waals surface area contributed by atoms with E-state index in [-0.39, 0.29) is 0 Å². The van der Waals surface area contributed by atoms with E-state index < -0.39 is 0 Å². The highest BCUT2D eigenvalue weighted by atomic mass is 16.5. The molecule has 0 bridgehead atoms. The molecule has 0 amide bonds. The van der Waals surface area contributed by atoms with Gasteiger partial charge in [0.25, 0.3) is 0 Å². The van der Waals surface area contributed by atoms with Crippen LogP contribution in [-0.2, 0) is 4.74 Å². The van der Waals surface area contributed by atoms with Crippen molar-refractivity contribution < 1.29 is 4.74 Å². The first-order valence-corrected chi connectivity index (χ1v) is 5.74. The highest BCUT2D eigenvalue weighted by Crippen LogP contribution is 2.40. The second kappa shape index (κ2) is 5.16. The average molecular weight is 200 g/mol. The summed E-state index contributed by atoms with van der Waals surface area (Å²) in [6, 6.07) is 0. The molecule has 0 saturated heterocycles. The van der Waals surface area contributed by atoms with Gasteiger partial charge in [0.15, 0.2) is 0 Å². The van der Waals surface area contributed by atoms with Crippen molar-refractivity contribution in [2.24, 2.45) is 16.7 Å². The minimum absolute atomic E-state index is 0.351. The fourth-order valence-electron chi connectivity index (χ4n) is 1.02. The van der Waals surface area contributed by atoms with E-state index in [0.717, 1.165) is 19.6 Å². The Kier molecular flexibility index (Phi) is 5.14. The first-order valence-electron chi connectivity index (χ1n) is 5.74. The van der Waals surface area contributed by atoms with Crippen LogP contribution in [0.15, 0.2) is 0 Å². The van der Waals surface area contributed by atoms with Crippen LogP contribution in [0.3, 0.4) is 0 Å². The van der Waals surface area contributed by atoms with Crippen LogP contribution in [-0.4, -0.2) is 13.2 Å². The molecule has 0 heterocycles. The summed E-state index contributed by atoms with van der Waals surface area (Å²) >= 11 is 0. The van der Waals surface area contributed by atoms with E-state index >= 15 is 0 Å². The van der Waals surface area contributed by atoms with Gasteiger partial charge >= 0.3 is 0 Å². The molecule has 0 aliphatic rings. The summed E-state index contributed by atoms with van der Waals surface area (Å²) in [5.74, 6) is 0.646. The van der Waals surface area contributed by atoms with Crippen molar-refractivity contribution in [3.05, 3.63) is 0 Å². The number of hydrogen-bond acceptors (Lipinski definition) is 1. The average Bonchev–Trinajstić information content (AvgIpc) is 1.95. The number of ether oxygens (including phenoxy) is 1. The van der Waals surface area contributed by atoms with Crippen molar-refractivity contribution in [3.63, 3.8) is 0 Å². The molecule has 0 unspecified atom stereocenters. The lowest BCUT2D eigenvalue weighted by Gasteiger charge is -2.39. The normalized spacial score (nSPS) is 13.7. The molecule has 0 aliphatic heterocycles. The van der Waals surface area contributed by atoms with Gasteiger partial charge in [0, 0.05) is 13.2 Å². The van der Waals surface area contributed by atoms with Gasteiger partial charge in [-0.05, 0) is 23.2 Å². The number of hydrogen-bond donors (Lipinski definition) is 0. The van der Waals surface area contributed by atoms with Gasteiger partial charge in [-0.15, -0.1) is 0 Å². The minimum Gasteiger partial charge on any atom is -0.381 e. The van der Waals surface area contributed by atoms with Crippen molar-refractivity contribution in [1.29, 1.82) is 0 Å². The van der Waals surface area contributed by atoms with Crippen LogP contribution in [0.4, 0.5) is 0 Å². The summed E-state index contributed by atoms with van der Waals surface area (Å²) in [5, 5.41) is 0. The maximum Gasteiger partial charge on any atom is 0.0488 e. The molecule has 0 aliphatic carbocycles. The molecule has 1 nitrogen and oxygen atoms in total.